The van der Waals surface area contributed by atoms with Gasteiger partial charge in [0.05, 0.1) is 0 Å². The second-order valence-electron chi connectivity index (χ2n) is 6.55. The van der Waals surface area contributed by atoms with Crippen LogP contribution in [-0.2, 0) is 18.8 Å². The molecule has 1 unspecified atom stereocenters. The minimum absolute atomic E-state index is 0.208. The molecule has 0 spiro atoms. The van der Waals surface area contributed by atoms with Gasteiger partial charge in [0, 0.05) is 6.42 Å². The zero-order valence-corrected chi connectivity index (χ0v) is 14.9. The molecule has 0 saturated carbocycles. The number of hydrogen-bond donors (Lipinski definition) is 1. The Labute approximate surface area is 135 Å². The van der Waals surface area contributed by atoms with Crippen LogP contribution < -0.4 is 0 Å². The molecule has 132 valence electrons. The molecule has 22 heavy (non-hydrogen) atoms. The summed E-state index contributed by atoms with van der Waals surface area (Å²) in [6.07, 6.45) is 13.5. The van der Waals surface area contributed by atoms with Crippen LogP contribution in [-0.4, -0.2) is 19.5 Å². The molecule has 1 aliphatic rings. The zero-order chi connectivity index (χ0) is 16.5. The molecule has 0 aromatic carbocycles. The Morgan fingerprint density at radius 1 is 0.909 bits per heavy atom. The Bertz CT molecular complexity index is 381. The van der Waals surface area contributed by atoms with Crippen LogP contribution in [0.3, 0.4) is 0 Å². The first kappa shape index (κ1) is 19.9. The van der Waals surface area contributed by atoms with E-state index in [9.17, 15) is 13.5 Å². The van der Waals surface area contributed by atoms with E-state index in [0.717, 1.165) is 18.8 Å². The van der Waals surface area contributed by atoms with E-state index in [1.807, 2.05) is 0 Å². The molecule has 0 aromatic heterocycles. The number of unbranched alkanes of at least 4 members (excludes halogenated alkanes) is 7. The van der Waals surface area contributed by atoms with Gasteiger partial charge >= 0.3 is 16.4 Å². The van der Waals surface area contributed by atoms with Gasteiger partial charge in [0.1, 0.15) is 0 Å². The normalized spacial score (nSPS) is 20.5. The number of aliphatic hydroxyl groups is 1. The van der Waals surface area contributed by atoms with Gasteiger partial charge < -0.3 is 5.11 Å². The smallest absolute Gasteiger partial charge is 0.342 e. The van der Waals surface area contributed by atoms with Crippen molar-refractivity contribution in [3.63, 3.8) is 0 Å². The highest BCUT2D eigenvalue weighted by molar-refractivity contribution is 7.82. The quantitative estimate of drug-likeness (QED) is 0.509. The van der Waals surface area contributed by atoms with E-state index in [0.29, 0.717) is 6.42 Å². The van der Waals surface area contributed by atoms with Gasteiger partial charge in [0.25, 0.3) is 0 Å². The van der Waals surface area contributed by atoms with Gasteiger partial charge in [-0.05, 0) is 12.3 Å². The largest absolute Gasteiger partial charge is 0.409 e. The predicted octanol–water partition coefficient (Wildman–Crippen LogP) is 4.26. The third-order valence-corrected chi connectivity index (χ3v) is 5.13. The monoisotopic (exact) mass is 336 g/mol. The van der Waals surface area contributed by atoms with Gasteiger partial charge in [-0.25, -0.2) is 0 Å². The van der Waals surface area contributed by atoms with Crippen molar-refractivity contribution in [3.05, 3.63) is 0 Å². The van der Waals surface area contributed by atoms with E-state index in [-0.39, 0.29) is 6.42 Å². The molecule has 0 bridgehead atoms. The Kier molecular flexibility index (Phi) is 8.90. The molecule has 6 heteroatoms. The highest BCUT2D eigenvalue weighted by Crippen LogP contribution is 2.32. The maximum absolute atomic E-state index is 10.7. The third-order valence-electron chi connectivity index (χ3n) is 4.20. The minimum atomic E-state index is -3.91. The summed E-state index contributed by atoms with van der Waals surface area (Å²) in [5.41, 5.74) is 0. The van der Waals surface area contributed by atoms with Crippen molar-refractivity contribution >= 4 is 10.4 Å². The molecule has 1 N–H and O–H groups in total. The standard InChI is InChI=1S/C16H32O5S/c1-3-4-5-6-9-12-15(2)13-10-7-8-11-14-16(17)20-22(18,19)21-16/h15,17H,3-14H2,1-2H3. The van der Waals surface area contributed by atoms with Crippen LogP contribution in [0.1, 0.15) is 90.9 Å². The lowest BCUT2D eigenvalue weighted by atomic mass is 9.96. The topological polar surface area (TPSA) is 72.8 Å². The average molecular weight is 336 g/mol. The van der Waals surface area contributed by atoms with Crippen LogP contribution in [0.25, 0.3) is 0 Å². The summed E-state index contributed by atoms with van der Waals surface area (Å²) in [5, 5.41) is 9.53. The van der Waals surface area contributed by atoms with Gasteiger partial charge in [-0.1, -0.05) is 78.1 Å². The first-order chi connectivity index (χ1) is 10.4. The van der Waals surface area contributed by atoms with Crippen molar-refractivity contribution in [2.75, 3.05) is 0 Å². The van der Waals surface area contributed by atoms with Gasteiger partial charge in [0.2, 0.25) is 0 Å². The van der Waals surface area contributed by atoms with Crippen LogP contribution in [0.5, 0.6) is 0 Å². The van der Waals surface area contributed by atoms with Crippen molar-refractivity contribution < 1.29 is 21.9 Å². The predicted molar refractivity (Wildman–Crippen MR) is 86.3 cm³/mol. The van der Waals surface area contributed by atoms with E-state index in [1.165, 1.54) is 51.4 Å². The molecule has 1 rings (SSSR count). The fourth-order valence-electron chi connectivity index (χ4n) is 2.84. The SMILES string of the molecule is CCCCCCCC(C)CCCCCCC1(O)OS(=O)(=O)O1. The second-order valence-corrected chi connectivity index (χ2v) is 7.70. The van der Waals surface area contributed by atoms with Crippen LogP contribution in [0.2, 0.25) is 0 Å². The molecule has 1 aliphatic heterocycles. The number of hydrogen-bond acceptors (Lipinski definition) is 5. The highest BCUT2D eigenvalue weighted by atomic mass is 32.3. The van der Waals surface area contributed by atoms with E-state index in [4.69, 9.17) is 0 Å². The first-order valence-corrected chi connectivity index (χ1v) is 10.1. The van der Waals surface area contributed by atoms with E-state index >= 15 is 0 Å². The van der Waals surface area contributed by atoms with Crippen LogP contribution in [0, 0.1) is 5.92 Å². The summed E-state index contributed by atoms with van der Waals surface area (Å²) in [5.74, 6) is -1.11. The van der Waals surface area contributed by atoms with Gasteiger partial charge in [0.15, 0.2) is 0 Å². The van der Waals surface area contributed by atoms with Crippen LogP contribution in [0.4, 0.5) is 0 Å². The van der Waals surface area contributed by atoms with E-state index < -0.39 is 16.4 Å². The van der Waals surface area contributed by atoms with E-state index in [2.05, 4.69) is 22.2 Å². The lowest BCUT2D eigenvalue weighted by Crippen LogP contribution is -2.50. The second kappa shape index (κ2) is 9.85. The van der Waals surface area contributed by atoms with Crippen LogP contribution >= 0.6 is 0 Å². The Hall–Kier alpha value is -0.170. The fourth-order valence-corrected chi connectivity index (χ4v) is 3.66. The molecular weight excluding hydrogens is 304 g/mol. The third kappa shape index (κ3) is 8.46. The van der Waals surface area contributed by atoms with Crippen molar-refractivity contribution in [3.8, 4) is 0 Å². The summed E-state index contributed by atoms with van der Waals surface area (Å²) in [6, 6.07) is 0. The molecule has 0 amide bonds. The molecule has 0 aliphatic carbocycles. The van der Waals surface area contributed by atoms with Crippen molar-refractivity contribution in [1.29, 1.82) is 0 Å². The van der Waals surface area contributed by atoms with Gasteiger partial charge in [-0.2, -0.15) is 16.8 Å². The summed E-state index contributed by atoms with van der Waals surface area (Å²) < 4.78 is 30.0. The van der Waals surface area contributed by atoms with Gasteiger partial charge in [-0.15, -0.1) is 0 Å². The molecule has 0 aromatic rings. The van der Waals surface area contributed by atoms with Crippen LogP contribution in [0.15, 0.2) is 0 Å². The Morgan fingerprint density at radius 3 is 1.91 bits per heavy atom. The first-order valence-electron chi connectivity index (χ1n) is 8.75. The lowest BCUT2D eigenvalue weighted by molar-refractivity contribution is -0.329. The Morgan fingerprint density at radius 2 is 1.41 bits per heavy atom. The molecule has 1 heterocycles. The van der Waals surface area contributed by atoms with Crippen molar-refractivity contribution in [1.82, 2.24) is 0 Å². The van der Waals surface area contributed by atoms with Crippen molar-refractivity contribution in [2.45, 2.75) is 96.9 Å². The summed E-state index contributed by atoms with van der Waals surface area (Å²) >= 11 is 0. The molecule has 0 radical (unpaired) electrons. The fraction of sp³-hybridized carbons (Fsp3) is 1.00. The molecular formula is C16H32O5S. The van der Waals surface area contributed by atoms with Crippen molar-refractivity contribution in [2.24, 2.45) is 5.92 Å². The highest BCUT2D eigenvalue weighted by Gasteiger charge is 2.50. The average Bonchev–Trinajstić information content (AvgIpc) is 2.40. The number of rotatable bonds is 13. The van der Waals surface area contributed by atoms with E-state index in [1.54, 1.807) is 0 Å². The molecule has 1 atom stereocenters. The summed E-state index contributed by atoms with van der Waals surface area (Å²) in [7, 11) is -3.91. The molecule has 1 saturated heterocycles. The molecule has 1 fully saturated rings. The van der Waals surface area contributed by atoms with Gasteiger partial charge in [-0.3, -0.25) is 0 Å². The summed E-state index contributed by atoms with van der Waals surface area (Å²) in [6.45, 7) is 4.56. The zero-order valence-electron chi connectivity index (χ0n) is 14.1. The Balaban J connectivity index is 1.89. The maximum Gasteiger partial charge on any atom is 0.409 e. The summed E-state index contributed by atoms with van der Waals surface area (Å²) in [4.78, 5) is 0. The maximum atomic E-state index is 10.7. The minimum Gasteiger partial charge on any atom is -0.342 e. The molecule has 5 nitrogen and oxygen atoms in total. The lowest BCUT2D eigenvalue weighted by Gasteiger charge is -2.33.